The van der Waals surface area contributed by atoms with Crippen LogP contribution in [0.5, 0.6) is 11.5 Å². The number of ether oxygens (including phenoxy) is 3. The SMILES string of the molecule is COC(=O)c1ccc(COc2c(/C=N/n3c(C)n[nH]c3=S)cccc2OC)o1. The quantitative estimate of drug-likeness (QED) is 0.368. The molecule has 146 valence electrons. The smallest absolute Gasteiger partial charge is 0.373 e. The van der Waals surface area contributed by atoms with Gasteiger partial charge < -0.3 is 18.6 Å². The van der Waals surface area contributed by atoms with Gasteiger partial charge in [0.1, 0.15) is 18.2 Å². The second-order valence-electron chi connectivity index (χ2n) is 5.56. The van der Waals surface area contributed by atoms with Crippen molar-refractivity contribution >= 4 is 24.4 Å². The van der Waals surface area contributed by atoms with E-state index in [0.29, 0.717) is 33.4 Å². The molecule has 0 unspecified atom stereocenters. The zero-order chi connectivity index (χ0) is 20.1. The third-order valence-corrected chi connectivity index (χ3v) is 4.03. The number of aromatic amines is 1. The minimum Gasteiger partial charge on any atom is -0.493 e. The normalized spacial score (nSPS) is 11.0. The molecular weight excluding hydrogens is 384 g/mol. The lowest BCUT2D eigenvalue weighted by Gasteiger charge is -2.12. The standard InChI is InChI=1S/C18H18N4O5S/c1-11-20-21-18(28)22(11)19-9-12-5-4-6-14(24-2)16(12)26-10-13-7-8-15(27-13)17(23)25-3/h4-9H,10H2,1-3H3,(H,21,28)/b19-9+. The Morgan fingerprint density at radius 1 is 1.36 bits per heavy atom. The molecule has 3 aromatic rings. The minimum atomic E-state index is -0.552. The highest BCUT2D eigenvalue weighted by Gasteiger charge is 2.14. The Morgan fingerprint density at radius 2 is 2.18 bits per heavy atom. The number of benzene rings is 1. The number of furan rings is 1. The molecule has 1 aromatic carbocycles. The zero-order valence-electron chi connectivity index (χ0n) is 15.5. The summed E-state index contributed by atoms with van der Waals surface area (Å²) < 4.78 is 23.2. The first kappa shape index (κ1) is 19.4. The lowest BCUT2D eigenvalue weighted by molar-refractivity contribution is 0.0561. The molecule has 0 fully saturated rings. The van der Waals surface area contributed by atoms with Crippen LogP contribution in [0.2, 0.25) is 0 Å². The van der Waals surface area contributed by atoms with Gasteiger partial charge in [0.25, 0.3) is 0 Å². The van der Waals surface area contributed by atoms with Crippen molar-refractivity contribution in [3.05, 3.63) is 58.0 Å². The third kappa shape index (κ3) is 4.12. The number of esters is 1. The van der Waals surface area contributed by atoms with E-state index >= 15 is 0 Å². The molecule has 0 amide bonds. The molecule has 0 aliphatic carbocycles. The van der Waals surface area contributed by atoms with Gasteiger partial charge in [-0.15, -0.1) is 0 Å². The summed E-state index contributed by atoms with van der Waals surface area (Å²) in [6.07, 6.45) is 1.60. The van der Waals surface area contributed by atoms with Crippen molar-refractivity contribution in [1.82, 2.24) is 14.9 Å². The van der Waals surface area contributed by atoms with E-state index in [1.54, 1.807) is 32.4 Å². The van der Waals surface area contributed by atoms with Gasteiger partial charge in [0.05, 0.1) is 20.4 Å². The van der Waals surface area contributed by atoms with E-state index in [1.165, 1.54) is 17.9 Å². The summed E-state index contributed by atoms with van der Waals surface area (Å²) in [6.45, 7) is 1.87. The second-order valence-corrected chi connectivity index (χ2v) is 5.94. The van der Waals surface area contributed by atoms with E-state index in [9.17, 15) is 4.79 Å². The summed E-state index contributed by atoms with van der Waals surface area (Å²) in [7, 11) is 2.83. The number of para-hydroxylation sites is 1. The van der Waals surface area contributed by atoms with Crippen molar-refractivity contribution in [3.63, 3.8) is 0 Å². The minimum absolute atomic E-state index is 0.0857. The molecule has 2 aromatic heterocycles. The first-order valence-electron chi connectivity index (χ1n) is 8.18. The molecule has 3 rings (SSSR count). The van der Waals surface area contributed by atoms with Gasteiger partial charge in [0, 0.05) is 5.56 Å². The fourth-order valence-corrected chi connectivity index (χ4v) is 2.61. The number of carbonyl (C=O) groups excluding carboxylic acids is 1. The maximum Gasteiger partial charge on any atom is 0.373 e. The van der Waals surface area contributed by atoms with E-state index in [0.717, 1.165) is 0 Å². The van der Waals surface area contributed by atoms with Gasteiger partial charge in [-0.2, -0.15) is 14.9 Å². The first-order chi connectivity index (χ1) is 13.5. The number of aryl methyl sites for hydroxylation is 1. The van der Waals surface area contributed by atoms with Crippen molar-refractivity contribution < 1.29 is 23.4 Å². The Balaban J connectivity index is 1.84. The highest BCUT2D eigenvalue weighted by atomic mass is 32.1. The van der Waals surface area contributed by atoms with E-state index < -0.39 is 5.97 Å². The number of H-pyrrole nitrogens is 1. The predicted molar refractivity (Wildman–Crippen MR) is 103 cm³/mol. The largest absolute Gasteiger partial charge is 0.493 e. The summed E-state index contributed by atoms with van der Waals surface area (Å²) in [5, 5.41) is 11.0. The van der Waals surface area contributed by atoms with Crippen LogP contribution < -0.4 is 9.47 Å². The molecule has 2 heterocycles. The highest BCUT2D eigenvalue weighted by molar-refractivity contribution is 7.71. The van der Waals surface area contributed by atoms with Gasteiger partial charge in [-0.3, -0.25) is 5.10 Å². The van der Waals surface area contributed by atoms with Crippen LogP contribution in [0.1, 0.15) is 27.7 Å². The molecule has 0 bridgehead atoms. The zero-order valence-corrected chi connectivity index (χ0v) is 16.3. The number of methoxy groups -OCH3 is 2. The number of nitrogens with one attached hydrogen (secondary N) is 1. The number of carbonyl (C=O) groups is 1. The second kappa shape index (κ2) is 8.53. The number of hydrogen-bond donors (Lipinski definition) is 1. The van der Waals surface area contributed by atoms with Crippen molar-refractivity contribution in [2.24, 2.45) is 5.10 Å². The van der Waals surface area contributed by atoms with E-state index in [-0.39, 0.29) is 12.4 Å². The van der Waals surface area contributed by atoms with Crippen molar-refractivity contribution in [2.75, 3.05) is 14.2 Å². The van der Waals surface area contributed by atoms with Crippen LogP contribution in [0.15, 0.2) is 39.9 Å². The molecule has 9 nitrogen and oxygen atoms in total. The number of nitrogens with zero attached hydrogens (tertiary/aromatic N) is 3. The average molecular weight is 402 g/mol. The number of aromatic nitrogens is 3. The molecule has 0 aliphatic rings. The Kier molecular flexibility index (Phi) is 5.90. The van der Waals surface area contributed by atoms with Crippen molar-refractivity contribution in [2.45, 2.75) is 13.5 Å². The third-order valence-electron chi connectivity index (χ3n) is 3.76. The van der Waals surface area contributed by atoms with Crippen LogP contribution in [0.25, 0.3) is 0 Å². The lowest BCUT2D eigenvalue weighted by Crippen LogP contribution is -2.02. The monoisotopic (exact) mass is 402 g/mol. The van der Waals surface area contributed by atoms with Crippen LogP contribution in [-0.2, 0) is 11.3 Å². The Morgan fingerprint density at radius 3 is 2.86 bits per heavy atom. The summed E-state index contributed by atoms with van der Waals surface area (Å²) in [6, 6.07) is 8.57. The van der Waals surface area contributed by atoms with Crippen molar-refractivity contribution in [3.8, 4) is 11.5 Å². The van der Waals surface area contributed by atoms with Crippen LogP contribution in [-0.4, -0.2) is 41.3 Å². The number of hydrogen-bond acceptors (Lipinski definition) is 8. The average Bonchev–Trinajstić information content (AvgIpc) is 3.31. The molecule has 10 heteroatoms. The summed E-state index contributed by atoms with van der Waals surface area (Å²) >= 11 is 5.14. The van der Waals surface area contributed by atoms with Gasteiger partial charge in [-0.25, -0.2) is 4.79 Å². The Hall–Kier alpha value is -3.40. The molecular formula is C18H18N4O5S. The first-order valence-corrected chi connectivity index (χ1v) is 8.59. The van der Waals surface area contributed by atoms with Crippen LogP contribution in [0.3, 0.4) is 0 Å². The molecule has 0 atom stereocenters. The van der Waals surface area contributed by atoms with Crippen LogP contribution >= 0.6 is 12.2 Å². The molecule has 0 aliphatic heterocycles. The van der Waals surface area contributed by atoms with Crippen LogP contribution in [0, 0.1) is 11.7 Å². The molecule has 28 heavy (non-hydrogen) atoms. The van der Waals surface area contributed by atoms with E-state index in [4.69, 9.17) is 26.1 Å². The van der Waals surface area contributed by atoms with Gasteiger partial charge in [0.2, 0.25) is 10.5 Å². The Labute approximate surface area is 165 Å². The van der Waals surface area contributed by atoms with Gasteiger partial charge >= 0.3 is 5.97 Å². The highest BCUT2D eigenvalue weighted by Crippen LogP contribution is 2.31. The fraction of sp³-hybridized carbons (Fsp3) is 0.222. The van der Waals surface area contributed by atoms with Crippen LogP contribution in [0.4, 0.5) is 0 Å². The molecule has 0 spiro atoms. The maximum atomic E-state index is 11.5. The van der Waals surface area contributed by atoms with Gasteiger partial charge in [0.15, 0.2) is 11.5 Å². The summed E-state index contributed by atoms with van der Waals surface area (Å²) in [4.78, 5) is 11.5. The molecule has 0 radical (unpaired) electrons. The summed E-state index contributed by atoms with van der Waals surface area (Å²) in [5.74, 6) is 1.63. The van der Waals surface area contributed by atoms with E-state index in [2.05, 4.69) is 20.0 Å². The fourth-order valence-electron chi connectivity index (χ4n) is 2.39. The van der Waals surface area contributed by atoms with Crippen molar-refractivity contribution in [1.29, 1.82) is 0 Å². The Bertz CT molecular complexity index is 1070. The van der Waals surface area contributed by atoms with E-state index in [1.807, 2.05) is 12.1 Å². The van der Waals surface area contributed by atoms with Gasteiger partial charge in [-0.1, -0.05) is 6.07 Å². The molecule has 0 saturated heterocycles. The van der Waals surface area contributed by atoms with Gasteiger partial charge in [-0.05, 0) is 43.4 Å². The topological polar surface area (TPSA) is 104 Å². The predicted octanol–water partition coefficient (Wildman–Crippen LogP) is 3.10. The maximum absolute atomic E-state index is 11.5. The molecule has 1 N–H and O–H groups in total. The number of rotatable bonds is 7. The lowest BCUT2D eigenvalue weighted by atomic mass is 10.2. The molecule has 0 saturated carbocycles. The summed E-state index contributed by atoms with van der Waals surface area (Å²) in [5.41, 5.74) is 0.668.